The van der Waals surface area contributed by atoms with Gasteiger partial charge in [-0.05, 0) is 55.6 Å². The Bertz CT molecular complexity index is 715. The summed E-state index contributed by atoms with van der Waals surface area (Å²) in [5.74, 6) is 0.637. The van der Waals surface area contributed by atoms with Crippen LogP contribution in [-0.4, -0.2) is 37.0 Å². The van der Waals surface area contributed by atoms with Crippen LogP contribution in [0.4, 0.5) is 0 Å². The molecule has 1 fully saturated rings. The van der Waals surface area contributed by atoms with Crippen molar-refractivity contribution in [3.8, 4) is 0 Å². The van der Waals surface area contributed by atoms with Gasteiger partial charge in [0.05, 0.1) is 10.9 Å². The van der Waals surface area contributed by atoms with Gasteiger partial charge in [0.2, 0.25) is 10.0 Å². The minimum atomic E-state index is -3.42. The molecule has 0 bridgehead atoms. The van der Waals surface area contributed by atoms with Crippen LogP contribution in [0.3, 0.4) is 0 Å². The van der Waals surface area contributed by atoms with Crippen molar-refractivity contribution in [3.05, 3.63) is 29.8 Å². The van der Waals surface area contributed by atoms with Crippen LogP contribution in [0.25, 0.3) is 0 Å². The molecule has 0 saturated heterocycles. The topological polar surface area (TPSA) is 61.4 Å². The van der Waals surface area contributed by atoms with Gasteiger partial charge in [0.25, 0.3) is 0 Å². The molecule has 1 aliphatic carbocycles. The minimum absolute atomic E-state index is 0.00843. The summed E-state index contributed by atoms with van der Waals surface area (Å²) < 4.78 is 26.6. The molecule has 2 rings (SSSR count). The van der Waals surface area contributed by atoms with Crippen LogP contribution in [0.5, 0.6) is 0 Å². The number of hydrogen-bond acceptors (Lipinski definition) is 3. The molecule has 1 aromatic carbocycles. The van der Waals surface area contributed by atoms with Crippen LogP contribution >= 0.6 is 12.2 Å². The van der Waals surface area contributed by atoms with Crippen molar-refractivity contribution in [2.75, 3.05) is 13.1 Å². The van der Waals surface area contributed by atoms with Gasteiger partial charge < -0.3 is 10.6 Å². The summed E-state index contributed by atoms with van der Waals surface area (Å²) in [5, 5.41) is 7.45. The number of nitrogens with one attached hydrogen (secondary N) is 2. The van der Waals surface area contributed by atoms with Crippen molar-refractivity contribution in [2.24, 2.45) is 5.92 Å². The molecular weight excluding hydrogens is 378 g/mol. The summed E-state index contributed by atoms with van der Waals surface area (Å²) in [6, 6.07) is 7.53. The third-order valence-electron chi connectivity index (χ3n) is 5.50. The smallest absolute Gasteiger partial charge is 0.243 e. The van der Waals surface area contributed by atoms with E-state index in [1.165, 1.54) is 23.6 Å². The Labute approximate surface area is 170 Å². The molecule has 2 N–H and O–H groups in total. The maximum absolute atomic E-state index is 12.6. The lowest BCUT2D eigenvalue weighted by Crippen LogP contribution is -2.46. The second-order valence-electron chi connectivity index (χ2n) is 7.37. The van der Waals surface area contributed by atoms with E-state index < -0.39 is 10.0 Å². The van der Waals surface area contributed by atoms with Gasteiger partial charge in [0.1, 0.15) is 0 Å². The van der Waals surface area contributed by atoms with E-state index in [1.807, 2.05) is 32.9 Å². The number of hydrogen-bond donors (Lipinski definition) is 2. The molecule has 3 atom stereocenters. The van der Waals surface area contributed by atoms with E-state index in [-0.39, 0.29) is 6.04 Å². The summed E-state index contributed by atoms with van der Waals surface area (Å²) in [6.45, 7) is 8.95. The van der Waals surface area contributed by atoms with E-state index in [0.717, 1.165) is 12.0 Å². The Kier molecular flexibility index (Phi) is 8.06. The highest BCUT2D eigenvalue weighted by atomic mass is 32.2. The van der Waals surface area contributed by atoms with Crippen molar-refractivity contribution in [3.63, 3.8) is 0 Å². The molecule has 5 nitrogen and oxygen atoms in total. The van der Waals surface area contributed by atoms with E-state index in [2.05, 4.69) is 17.6 Å². The van der Waals surface area contributed by atoms with Crippen molar-refractivity contribution in [1.82, 2.24) is 14.9 Å². The lowest BCUT2D eigenvalue weighted by atomic mass is 9.86. The van der Waals surface area contributed by atoms with Crippen LogP contribution in [0, 0.1) is 5.92 Å². The first-order valence-corrected chi connectivity index (χ1v) is 11.8. The molecule has 152 valence electrons. The Balaban J connectivity index is 1.98. The number of benzene rings is 1. The Hall–Kier alpha value is -1.18. The fourth-order valence-electron chi connectivity index (χ4n) is 3.66. The van der Waals surface area contributed by atoms with Gasteiger partial charge >= 0.3 is 0 Å². The molecule has 1 aromatic rings. The first kappa shape index (κ1) is 22.1. The maximum atomic E-state index is 12.6. The SMILES string of the molecule is CCN(CC)S(=O)(=O)c1ccc([C@@H](C)NC(=S)N[C@H]2CCCC[C@@H]2C)cc1. The summed E-state index contributed by atoms with van der Waals surface area (Å²) >= 11 is 5.49. The molecule has 0 spiro atoms. The van der Waals surface area contributed by atoms with E-state index in [0.29, 0.717) is 35.1 Å². The third kappa shape index (κ3) is 5.65. The fraction of sp³-hybridized carbons (Fsp3) is 0.650. The highest BCUT2D eigenvalue weighted by Gasteiger charge is 2.23. The van der Waals surface area contributed by atoms with E-state index >= 15 is 0 Å². The summed E-state index contributed by atoms with van der Waals surface area (Å²) in [5.41, 5.74) is 1.01. The molecule has 0 unspecified atom stereocenters. The second kappa shape index (κ2) is 9.85. The number of rotatable bonds is 7. The lowest BCUT2D eigenvalue weighted by molar-refractivity contribution is 0.307. The standard InChI is InChI=1S/C20H33N3O2S2/c1-5-23(6-2)27(24,25)18-13-11-17(12-14-18)16(4)21-20(26)22-19-10-8-7-9-15(19)3/h11-16,19H,5-10H2,1-4H3,(H2,21,22,26)/t15-,16+,19-/m0/s1. The van der Waals surface area contributed by atoms with Crippen LogP contribution in [0.1, 0.15) is 65.0 Å². The first-order valence-electron chi connectivity index (χ1n) is 9.96. The monoisotopic (exact) mass is 411 g/mol. The number of nitrogens with zero attached hydrogens (tertiary/aromatic N) is 1. The molecule has 27 heavy (non-hydrogen) atoms. The molecular formula is C20H33N3O2S2. The Morgan fingerprint density at radius 3 is 2.33 bits per heavy atom. The normalized spacial score (nSPS) is 21.7. The van der Waals surface area contributed by atoms with Gasteiger partial charge in [0.15, 0.2) is 5.11 Å². The van der Waals surface area contributed by atoms with Crippen molar-refractivity contribution in [1.29, 1.82) is 0 Å². The third-order valence-corrected chi connectivity index (χ3v) is 7.80. The van der Waals surface area contributed by atoms with Gasteiger partial charge in [0, 0.05) is 19.1 Å². The van der Waals surface area contributed by atoms with Gasteiger partial charge in [-0.3, -0.25) is 0 Å². The van der Waals surface area contributed by atoms with Gasteiger partial charge in [-0.25, -0.2) is 8.42 Å². The zero-order chi connectivity index (χ0) is 20.0. The number of thiocarbonyl (C=S) groups is 1. The largest absolute Gasteiger partial charge is 0.360 e. The Morgan fingerprint density at radius 1 is 1.19 bits per heavy atom. The molecule has 0 radical (unpaired) electrons. The number of sulfonamides is 1. The quantitative estimate of drug-likeness (QED) is 0.668. The van der Waals surface area contributed by atoms with Crippen LogP contribution in [0.15, 0.2) is 29.2 Å². The summed E-state index contributed by atoms with van der Waals surface area (Å²) in [7, 11) is -3.42. The van der Waals surface area contributed by atoms with Gasteiger partial charge in [-0.15, -0.1) is 0 Å². The predicted octanol–water partition coefficient (Wildman–Crippen LogP) is 3.82. The second-order valence-corrected chi connectivity index (χ2v) is 9.71. The molecule has 0 amide bonds. The highest BCUT2D eigenvalue weighted by molar-refractivity contribution is 7.89. The minimum Gasteiger partial charge on any atom is -0.360 e. The average molecular weight is 412 g/mol. The van der Waals surface area contributed by atoms with E-state index in [1.54, 1.807) is 12.1 Å². The lowest BCUT2D eigenvalue weighted by Gasteiger charge is -2.31. The molecule has 1 aliphatic rings. The first-order chi connectivity index (χ1) is 12.8. The van der Waals surface area contributed by atoms with Crippen molar-refractivity contribution < 1.29 is 8.42 Å². The maximum Gasteiger partial charge on any atom is 0.243 e. The molecule has 1 saturated carbocycles. The zero-order valence-electron chi connectivity index (χ0n) is 16.9. The predicted molar refractivity (Wildman–Crippen MR) is 115 cm³/mol. The van der Waals surface area contributed by atoms with E-state index in [9.17, 15) is 8.42 Å². The van der Waals surface area contributed by atoms with E-state index in [4.69, 9.17) is 12.2 Å². The van der Waals surface area contributed by atoms with Crippen LogP contribution in [-0.2, 0) is 10.0 Å². The summed E-state index contributed by atoms with van der Waals surface area (Å²) in [4.78, 5) is 0.332. The molecule has 0 heterocycles. The fourth-order valence-corrected chi connectivity index (χ4v) is 5.45. The average Bonchev–Trinajstić information content (AvgIpc) is 2.64. The van der Waals surface area contributed by atoms with Gasteiger partial charge in [-0.2, -0.15) is 4.31 Å². The van der Waals surface area contributed by atoms with Crippen LogP contribution in [0.2, 0.25) is 0 Å². The van der Waals surface area contributed by atoms with Gasteiger partial charge in [-0.1, -0.05) is 45.7 Å². The molecule has 7 heteroatoms. The molecule has 0 aliphatic heterocycles. The molecule has 0 aromatic heterocycles. The Morgan fingerprint density at radius 2 is 1.78 bits per heavy atom. The highest BCUT2D eigenvalue weighted by Crippen LogP contribution is 2.24. The zero-order valence-corrected chi connectivity index (χ0v) is 18.5. The van der Waals surface area contributed by atoms with Crippen LogP contribution < -0.4 is 10.6 Å². The van der Waals surface area contributed by atoms with Crippen molar-refractivity contribution >= 4 is 27.4 Å². The van der Waals surface area contributed by atoms with Crippen molar-refractivity contribution in [2.45, 2.75) is 70.4 Å². The summed E-state index contributed by atoms with van der Waals surface area (Å²) in [6.07, 6.45) is 4.97.